The highest BCUT2D eigenvalue weighted by molar-refractivity contribution is 5.27. The summed E-state index contributed by atoms with van der Waals surface area (Å²) < 4.78 is 0. The molecule has 0 bridgehead atoms. The van der Waals surface area contributed by atoms with Gasteiger partial charge >= 0.3 is 0 Å². The molecule has 1 fully saturated rings. The molecule has 19 heavy (non-hydrogen) atoms. The minimum atomic E-state index is -0.0684. The number of likely N-dealkylation sites (tertiary alicyclic amines) is 1. The maximum Gasteiger partial charge on any atom is 0.0100 e. The van der Waals surface area contributed by atoms with Crippen LogP contribution in [0.25, 0.3) is 0 Å². The molecule has 2 nitrogen and oxygen atoms in total. The Bertz CT molecular complexity index is 406. The van der Waals surface area contributed by atoms with Crippen molar-refractivity contribution in [3.63, 3.8) is 0 Å². The van der Waals surface area contributed by atoms with Crippen LogP contribution in [0, 0.1) is 0 Å². The summed E-state index contributed by atoms with van der Waals surface area (Å²) >= 11 is 0. The smallest absolute Gasteiger partial charge is 0.0100 e. The van der Waals surface area contributed by atoms with Gasteiger partial charge in [-0.2, -0.15) is 0 Å². The fourth-order valence-electron chi connectivity index (χ4n) is 2.91. The lowest BCUT2D eigenvalue weighted by molar-refractivity contribution is 0.251. The van der Waals surface area contributed by atoms with Gasteiger partial charge in [0.2, 0.25) is 0 Å². The van der Waals surface area contributed by atoms with Gasteiger partial charge in [0.25, 0.3) is 0 Å². The standard InChI is InChI=1S/C17H28N2/c1-17(2,18)10-9-14-6-4-7-15(12-14)16-8-5-11-19(3)13-16/h4,6-7,12,16H,5,8-11,13,18H2,1-3H3. The van der Waals surface area contributed by atoms with Crippen LogP contribution in [0.1, 0.15) is 50.2 Å². The van der Waals surface area contributed by atoms with Gasteiger partial charge in [-0.1, -0.05) is 24.3 Å². The predicted molar refractivity (Wildman–Crippen MR) is 82.5 cm³/mol. The van der Waals surface area contributed by atoms with E-state index in [2.05, 4.69) is 50.1 Å². The number of piperidine rings is 1. The maximum atomic E-state index is 6.08. The summed E-state index contributed by atoms with van der Waals surface area (Å²) in [7, 11) is 2.23. The lowest BCUT2D eigenvalue weighted by Crippen LogP contribution is -2.32. The van der Waals surface area contributed by atoms with Crippen LogP contribution in [0.2, 0.25) is 0 Å². The van der Waals surface area contributed by atoms with E-state index >= 15 is 0 Å². The van der Waals surface area contributed by atoms with E-state index in [0.717, 1.165) is 12.8 Å². The number of benzene rings is 1. The van der Waals surface area contributed by atoms with Crippen molar-refractivity contribution in [2.45, 2.75) is 51.0 Å². The van der Waals surface area contributed by atoms with Crippen molar-refractivity contribution in [1.82, 2.24) is 4.90 Å². The largest absolute Gasteiger partial charge is 0.326 e. The minimum absolute atomic E-state index is 0.0684. The first-order valence-corrected chi connectivity index (χ1v) is 7.50. The summed E-state index contributed by atoms with van der Waals surface area (Å²) in [6, 6.07) is 9.14. The van der Waals surface area contributed by atoms with Gasteiger partial charge in [0.15, 0.2) is 0 Å². The van der Waals surface area contributed by atoms with E-state index in [-0.39, 0.29) is 5.54 Å². The van der Waals surface area contributed by atoms with E-state index in [9.17, 15) is 0 Å². The van der Waals surface area contributed by atoms with Gasteiger partial charge < -0.3 is 10.6 Å². The van der Waals surface area contributed by atoms with Crippen molar-refractivity contribution in [2.24, 2.45) is 5.73 Å². The third-order valence-electron chi connectivity index (χ3n) is 4.10. The maximum absolute atomic E-state index is 6.08. The molecule has 1 aliphatic rings. The first kappa shape index (κ1) is 14.5. The fraction of sp³-hybridized carbons (Fsp3) is 0.647. The fourth-order valence-corrected chi connectivity index (χ4v) is 2.91. The number of likely N-dealkylation sites (N-methyl/N-ethyl adjacent to an activating group) is 1. The van der Waals surface area contributed by atoms with E-state index < -0.39 is 0 Å². The zero-order chi connectivity index (χ0) is 13.9. The van der Waals surface area contributed by atoms with Gasteiger partial charge in [-0.05, 0) is 70.2 Å². The highest BCUT2D eigenvalue weighted by Crippen LogP contribution is 2.27. The monoisotopic (exact) mass is 260 g/mol. The van der Waals surface area contributed by atoms with E-state index in [0.29, 0.717) is 5.92 Å². The van der Waals surface area contributed by atoms with Gasteiger partial charge in [0.05, 0.1) is 0 Å². The average molecular weight is 260 g/mol. The number of nitrogens with zero attached hydrogens (tertiary/aromatic N) is 1. The Labute approximate surface area is 118 Å². The van der Waals surface area contributed by atoms with Gasteiger partial charge in [0.1, 0.15) is 0 Å². The molecule has 0 aromatic heterocycles. The van der Waals surface area contributed by atoms with E-state index in [4.69, 9.17) is 5.73 Å². The number of hydrogen-bond acceptors (Lipinski definition) is 2. The molecule has 0 radical (unpaired) electrons. The van der Waals surface area contributed by atoms with Crippen LogP contribution in [0.3, 0.4) is 0 Å². The van der Waals surface area contributed by atoms with E-state index in [1.165, 1.54) is 37.1 Å². The van der Waals surface area contributed by atoms with Crippen LogP contribution in [0.15, 0.2) is 24.3 Å². The molecule has 1 heterocycles. The lowest BCUT2D eigenvalue weighted by atomic mass is 9.88. The molecular weight excluding hydrogens is 232 g/mol. The molecule has 1 unspecified atom stereocenters. The zero-order valence-corrected chi connectivity index (χ0v) is 12.7. The molecule has 0 amide bonds. The number of nitrogens with two attached hydrogens (primary N) is 1. The molecule has 2 rings (SSSR count). The van der Waals surface area contributed by atoms with Crippen molar-refractivity contribution >= 4 is 0 Å². The van der Waals surface area contributed by atoms with E-state index in [1.807, 2.05) is 0 Å². The van der Waals surface area contributed by atoms with Gasteiger partial charge in [-0.15, -0.1) is 0 Å². The zero-order valence-electron chi connectivity index (χ0n) is 12.7. The molecule has 106 valence electrons. The third kappa shape index (κ3) is 4.63. The van der Waals surface area contributed by atoms with Crippen LogP contribution in [0.5, 0.6) is 0 Å². The Balaban J connectivity index is 2.02. The molecule has 0 spiro atoms. The molecule has 0 aliphatic carbocycles. The topological polar surface area (TPSA) is 29.3 Å². The van der Waals surface area contributed by atoms with E-state index in [1.54, 1.807) is 0 Å². The third-order valence-corrected chi connectivity index (χ3v) is 4.10. The number of aryl methyl sites for hydroxylation is 1. The molecule has 0 saturated carbocycles. The first-order chi connectivity index (χ1) is 8.94. The summed E-state index contributed by atoms with van der Waals surface area (Å²) in [6.45, 7) is 6.66. The normalized spacial score (nSPS) is 21.6. The molecule has 2 N–H and O–H groups in total. The van der Waals surface area contributed by atoms with Crippen LogP contribution < -0.4 is 5.73 Å². The summed E-state index contributed by atoms with van der Waals surface area (Å²) in [5.41, 5.74) is 8.95. The Morgan fingerprint density at radius 3 is 2.84 bits per heavy atom. The Kier molecular flexibility index (Phi) is 4.64. The van der Waals surface area contributed by atoms with Crippen LogP contribution in [-0.4, -0.2) is 30.6 Å². The van der Waals surface area contributed by atoms with Crippen molar-refractivity contribution in [3.05, 3.63) is 35.4 Å². The molecule has 1 aromatic rings. The van der Waals surface area contributed by atoms with Crippen molar-refractivity contribution in [1.29, 1.82) is 0 Å². The lowest BCUT2D eigenvalue weighted by Gasteiger charge is -2.30. The van der Waals surface area contributed by atoms with Crippen molar-refractivity contribution in [2.75, 3.05) is 20.1 Å². The van der Waals surface area contributed by atoms with Crippen LogP contribution >= 0.6 is 0 Å². The second-order valence-corrected chi connectivity index (χ2v) is 6.84. The molecule has 2 heteroatoms. The Morgan fingerprint density at radius 1 is 1.37 bits per heavy atom. The SMILES string of the molecule is CN1CCCC(c2cccc(CCC(C)(C)N)c2)C1. The Hall–Kier alpha value is -0.860. The Morgan fingerprint density at radius 2 is 2.16 bits per heavy atom. The average Bonchev–Trinajstić information content (AvgIpc) is 2.36. The summed E-state index contributed by atoms with van der Waals surface area (Å²) in [5.74, 6) is 0.713. The molecule has 1 saturated heterocycles. The predicted octanol–water partition coefficient (Wildman–Crippen LogP) is 3.17. The summed E-state index contributed by atoms with van der Waals surface area (Å²) in [5, 5.41) is 0. The van der Waals surface area contributed by atoms with Crippen LogP contribution in [0.4, 0.5) is 0 Å². The highest BCUT2D eigenvalue weighted by atomic mass is 15.1. The number of rotatable bonds is 4. The second-order valence-electron chi connectivity index (χ2n) is 6.84. The van der Waals surface area contributed by atoms with Crippen molar-refractivity contribution < 1.29 is 0 Å². The van der Waals surface area contributed by atoms with Crippen LogP contribution in [-0.2, 0) is 6.42 Å². The molecule has 1 atom stereocenters. The summed E-state index contributed by atoms with van der Waals surface area (Å²) in [6.07, 6.45) is 4.78. The van der Waals surface area contributed by atoms with Gasteiger partial charge in [-0.3, -0.25) is 0 Å². The minimum Gasteiger partial charge on any atom is -0.326 e. The second kappa shape index (κ2) is 6.06. The number of hydrogen-bond donors (Lipinski definition) is 1. The summed E-state index contributed by atoms with van der Waals surface area (Å²) in [4.78, 5) is 2.45. The quantitative estimate of drug-likeness (QED) is 0.901. The van der Waals surface area contributed by atoms with Gasteiger partial charge in [-0.25, -0.2) is 0 Å². The van der Waals surface area contributed by atoms with Crippen molar-refractivity contribution in [3.8, 4) is 0 Å². The molecule has 1 aromatic carbocycles. The highest BCUT2D eigenvalue weighted by Gasteiger charge is 2.19. The molecule has 1 aliphatic heterocycles. The van der Waals surface area contributed by atoms with Gasteiger partial charge in [0, 0.05) is 12.1 Å². The molecular formula is C17H28N2. The first-order valence-electron chi connectivity index (χ1n) is 7.50.